The highest BCUT2D eigenvalue weighted by molar-refractivity contribution is 7.20. The molecule has 0 saturated carbocycles. The van der Waals surface area contributed by atoms with E-state index >= 15 is 0 Å². The lowest BCUT2D eigenvalue weighted by Gasteiger charge is -2.31. The fourth-order valence-electron chi connectivity index (χ4n) is 3.68. The van der Waals surface area contributed by atoms with Gasteiger partial charge in [0.2, 0.25) is 0 Å². The van der Waals surface area contributed by atoms with Crippen molar-refractivity contribution in [1.29, 1.82) is 0 Å². The minimum Gasteiger partial charge on any atom is -0.382 e. The average Bonchev–Trinajstić information content (AvgIpc) is 3.37. The summed E-state index contributed by atoms with van der Waals surface area (Å²) < 4.78 is 13.9. The molecule has 4 rings (SSSR count). The lowest BCUT2D eigenvalue weighted by Crippen LogP contribution is -2.38. The van der Waals surface area contributed by atoms with Crippen LogP contribution in [0.25, 0.3) is 10.1 Å². The summed E-state index contributed by atoms with van der Waals surface area (Å²) in [6.07, 6.45) is 5.62. The number of amides is 1. The van der Waals surface area contributed by atoms with Gasteiger partial charge < -0.3 is 18.9 Å². The number of fused-ring (bicyclic) bond motifs is 1. The highest BCUT2D eigenvalue weighted by Gasteiger charge is 2.27. The molecular formula is C21H25N3O3S. The van der Waals surface area contributed by atoms with Crippen LogP contribution in [0.1, 0.15) is 34.3 Å². The molecule has 0 N–H and O–H groups in total. The molecule has 0 atom stereocenters. The second-order valence-corrected chi connectivity index (χ2v) is 8.08. The van der Waals surface area contributed by atoms with Crippen molar-refractivity contribution < 1.29 is 14.3 Å². The number of likely N-dealkylation sites (tertiary alicyclic amines) is 1. The Balaban J connectivity index is 1.36. The second kappa shape index (κ2) is 8.86. The molecule has 28 heavy (non-hydrogen) atoms. The van der Waals surface area contributed by atoms with Crippen molar-refractivity contribution >= 4 is 27.3 Å². The maximum atomic E-state index is 12.9. The van der Waals surface area contributed by atoms with E-state index in [1.807, 2.05) is 35.5 Å². The summed E-state index contributed by atoms with van der Waals surface area (Å²) in [6, 6.07) is 10.2. The van der Waals surface area contributed by atoms with E-state index in [1.165, 1.54) is 0 Å². The summed E-state index contributed by atoms with van der Waals surface area (Å²) >= 11 is 1.58. The number of piperidine rings is 1. The van der Waals surface area contributed by atoms with E-state index in [0.29, 0.717) is 25.9 Å². The Morgan fingerprint density at radius 2 is 2.07 bits per heavy atom. The molecule has 1 aliphatic rings. The number of nitrogens with zero attached hydrogens (tertiary/aromatic N) is 3. The highest BCUT2D eigenvalue weighted by atomic mass is 32.1. The van der Waals surface area contributed by atoms with Crippen molar-refractivity contribution in [3.05, 3.63) is 53.4 Å². The topological polar surface area (TPSA) is 56.6 Å². The largest absolute Gasteiger partial charge is 0.382 e. The van der Waals surface area contributed by atoms with Gasteiger partial charge in [0.05, 0.1) is 18.1 Å². The van der Waals surface area contributed by atoms with Gasteiger partial charge in [-0.15, -0.1) is 11.3 Å². The van der Waals surface area contributed by atoms with E-state index in [0.717, 1.165) is 46.7 Å². The highest BCUT2D eigenvalue weighted by Crippen LogP contribution is 2.30. The normalized spacial score (nSPS) is 15.4. The molecule has 1 amide bonds. The lowest BCUT2D eigenvalue weighted by atomic mass is 9.96. The van der Waals surface area contributed by atoms with Crippen molar-refractivity contribution in [3.63, 3.8) is 0 Å². The summed E-state index contributed by atoms with van der Waals surface area (Å²) in [4.78, 5) is 20.3. The van der Waals surface area contributed by atoms with E-state index < -0.39 is 0 Å². The summed E-state index contributed by atoms with van der Waals surface area (Å²) in [7, 11) is 1.67. The molecule has 2 aromatic heterocycles. The van der Waals surface area contributed by atoms with Gasteiger partial charge >= 0.3 is 0 Å². The molecular weight excluding hydrogens is 374 g/mol. The molecule has 0 radical (unpaired) electrons. The first-order chi connectivity index (χ1) is 13.8. The molecule has 1 aromatic carbocycles. The maximum Gasteiger partial charge on any atom is 0.263 e. The van der Waals surface area contributed by atoms with Crippen LogP contribution in [-0.2, 0) is 16.2 Å². The fraction of sp³-hybridized carbons (Fsp3) is 0.429. The first kappa shape index (κ1) is 19.1. The van der Waals surface area contributed by atoms with Crippen LogP contribution in [0.15, 0.2) is 42.7 Å². The van der Waals surface area contributed by atoms with Gasteiger partial charge in [-0.3, -0.25) is 4.79 Å². The third kappa shape index (κ3) is 4.11. The second-order valence-electron chi connectivity index (χ2n) is 7.00. The van der Waals surface area contributed by atoms with Crippen LogP contribution in [0.2, 0.25) is 0 Å². The van der Waals surface area contributed by atoms with Gasteiger partial charge in [0.1, 0.15) is 12.6 Å². The van der Waals surface area contributed by atoms with Gasteiger partial charge in [0, 0.05) is 43.2 Å². The predicted molar refractivity (Wildman–Crippen MR) is 110 cm³/mol. The van der Waals surface area contributed by atoms with E-state index in [-0.39, 0.29) is 5.91 Å². The quantitative estimate of drug-likeness (QED) is 0.568. The van der Waals surface area contributed by atoms with E-state index in [2.05, 4.69) is 21.7 Å². The van der Waals surface area contributed by atoms with Gasteiger partial charge in [-0.1, -0.05) is 18.2 Å². The number of carbonyl (C=O) groups is 1. The number of hydrogen-bond acceptors (Lipinski definition) is 5. The molecule has 0 unspecified atom stereocenters. The number of thiophene rings is 1. The summed E-state index contributed by atoms with van der Waals surface area (Å²) in [5.41, 5.74) is 0. The Labute approximate surface area is 168 Å². The van der Waals surface area contributed by atoms with Crippen LogP contribution in [-0.4, -0.2) is 53.8 Å². The van der Waals surface area contributed by atoms with Crippen molar-refractivity contribution in [2.45, 2.75) is 25.5 Å². The van der Waals surface area contributed by atoms with Crippen molar-refractivity contribution in [3.8, 4) is 0 Å². The van der Waals surface area contributed by atoms with Crippen molar-refractivity contribution in [2.24, 2.45) is 0 Å². The Morgan fingerprint density at radius 3 is 2.86 bits per heavy atom. The summed E-state index contributed by atoms with van der Waals surface area (Å²) in [5, 5.41) is 1.14. The molecule has 0 bridgehead atoms. The molecule has 1 aliphatic heterocycles. The number of benzene rings is 1. The Kier molecular flexibility index (Phi) is 6.04. The van der Waals surface area contributed by atoms with Crippen molar-refractivity contribution in [2.75, 3.05) is 33.4 Å². The zero-order valence-corrected chi connectivity index (χ0v) is 16.9. The van der Waals surface area contributed by atoms with E-state index in [4.69, 9.17) is 9.47 Å². The molecule has 3 heterocycles. The molecule has 0 spiro atoms. The van der Waals surface area contributed by atoms with Crippen LogP contribution in [0.4, 0.5) is 0 Å². The first-order valence-electron chi connectivity index (χ1n) is 9.62. The first-order valence-corrected chi connectivity index (χ1v) is 10.4. The van der Waals surface area contributed by atoms with Crippen molar-refractivity contribution in [1.82, 2.24) is 14.5 Å². The van der Waals surface area contributed by atoms with Crippen LogP contribution in [0.3, 0.4) is 0 Å². The molecule has 6 nitrogen and oxygen atoms in total. The van der Waals surface area contributed by atoms with Gasteiger partial charge in [-0.25, -0.2) is 4.98 Å². The number of hydrogen-bond donors (Lipinski definition) is 0. The minimum absolute atomic E-state index is 0.144. The van der Waals surface area contributed by atoms with Gasteiger partial charge in [0.25, 0.3) is 5.91 Å². The number of methoxy groups -OCH3 is 1. The standard InChI is InChI=1S/C21H25N3O3S/c1-26-12-13-27-15-24-11-8-22-20(24)16-6-9-23(10-7-16)21(25)19-14-17-4-2-3-5-18(17)28-19/h2-5,8,11,14,16H,6-7,9-10,12-13,15H2,1H3. The summed E-state index contributed by atoms with van der Waals surface area (Å²) in [5.74, 6) is 1.55. The lowest BCUT2D eigenvalue weighted by molar-refractivity contribution is 0.0318. The number of imidazole rings is 1. The van der Waals surface area contributed by atoms with Crippen LogP contribution in [0, 0.1) is 0 Å². The molecule has 148 valence electrons. The van der Waals surface area contributed by atoms with E-state index in [1.54, 1.807) is 18.4 Å². The third-order valence-electron chi connectivity index (χ3n) is 5.19. The fourth-order valence-corrected chi connectivity index (χ4v) is 4.71. The number of ether oxygens (including phenoxy) is 2. The molecule has 1 saturated heterocycles. The van der Waals surface area contributed by atoms with E-state index in [9.17, 15) is 4.79 Å². The summed E-state index contributed by atoms with van der Waals surface area (Å²) in [6.45, 7) is 3.16. The van der Waals surface area contributed by atoms with Gasteiger partial charge in [0.15, 0.2) is 0 Å². The monoisotopic (exact) mass is 399 g/mol. The molecule has 1 fully saturated rings. The zero-order chi connectivity index (χ0) is 19.3. The van der Waals surface area contributed by atoms with Crippen LogP contribution < -0.4 is 0 Å². The molecule has 7 heteroatoms. The number of aromatic nitrogens is 2. The van der Waals surface area contributed by atoms with Crippen LogP contribution >= 0.6 is 11.3 Å². The minimum atomic E-state index is 0.144. The smallest absolute Gasteiger partial charge is 0.263 e. The predicted octanol–water partition coefficient (Wildman–Crippen LogP) is 3.74. The number of carbonyl (C=O) groups excluding carboxylic acids is 1. The average molecular weight is 400 g/mol. The Hall–Kier alpha value is -2.22. The Bertz CT molecular complexity index is 895. The van der Waals surface area contributed by atoms with Gasteiger partial charge in [-0.2, -0.15) is 0 Å². The SMILES string of the molecule is COCCOCn1ccnc1C1CCN(C(=O)c2cc3ccccc3s2)CC1. The maximum absolute atomic E-state index is 12.9. The molecule has 0 aliphatic carbocycles. The number of rotatable bonds is 7. The Morgan fingerprint density at radius 1 is 1.25 bits per heavy atom. The zero-order valence-electron chi connectivity index (χ0n) is 16.0. The van der Waals surface area contributed by atoms with Crippen LogP contribution in [0.5, 0.6) is 0 Å². The molecule has 3 aromatic rings. The van der Waals surface area contributed by atoms with Gasteiger partial charge in [-0.05, 0) is 30.4 Å². The third-order valence-corrected chi connectivity index (χ3v) is 6.30.